The molecule has 0 radical (unpaired) electrons. The molecule has 0 aromatic heterocycles. The average molecular weight is 104 g/mol. The lowest BCUT2D eigenvalue weighted by Crippen LogP contribution is -2.16. The van der Waals surface area contributed by atoms with Gasteiger partial charge < -0.3 is 0 Å². The highest BCUT2D eigenvalue weighted by atomic mass is 32.2. The Hall–Kier alpha value is -0.290. The normalized spacial score (nSPS) is 19.8. The molecule has 0 aromatic carbocycles. The van der Waals surface area contributed by atoms with Gasteiger partial charge in [-0.15, -0.1) is 4.83 Å². The maximum absolute atomic E-state index is 3.55. The summed E-state index contributed by atoms with van der Waals surface area (Å²) in [7, 11) is 1.78. The summed E-state index contributed by atoms with van der Waals surface area (Å²) in [5.41, 5.74) is 0. The van der Waals surface area contributed by atoms with Gasteiger partial charge in [0.05, 0.1) is 0 Å². The number of rotatable bonds is 0. The zero-order valence-corrected chi connectivity index (χ0v) is 4.07. The molecule has 5 heteroatoms. The van der Waals surface area contributed by atoms with E-state index in [2.05, 4.69) is 14.6 Å². The van der Waals surface area contributed by atoms with Gasteiger partial charge in [0.1, 0.15) is 12.1 Å². The van der Waals surface area contributed by atoms with E-state index in [1.54, 1.807) is 7.05 Å². The van der Waals surface area contributed by atoms with Gasteiger partial charge in [0.25, 0.3) is 0 Å². The van der Waals surface area contributed by atoms with Crippen LogP contribution in [-0.2, 0) is 0 Å². The molecule has 1 aliphatic rings. The lowest BCUT2D eigenvalue weighted by Gasteiger charge is -1.96. The molecule has 1 heterocycles. The Morgan fingerprint density at radius 2 is 2.67 bits per heavy atom. The van der Waals surface area contributed by atoms with E-state index in [9.17, 15) is 0 Å². The summed E-state index contributed by atoms with van der Waals surface area (Å²) in [4.78, 5) is 2.74. The van der Waals surface area contributed by atoms with Crippen molar-refractivity contribution < 1.29 is 0 Å². The lowest BCUT2D eigenvalue weighted by atomic mass is 11.4. The van der Waals surface area contributed by atoms with Crippen LogP contribution in [0.4, 0.5) is 0 Å². The number of hydrogen-bond donors (Lipinski definition) is 1. The standard InChI is InChI=1S/CH4N4S/c1-5-2-3-6-4-5/h4H,1H3. The van der Waals surface area contributed by atoms with Crippen LogP contribution in [0.25, 0.3) is 0 Å². The molecule has 0 aliphatic carbocycles. The fraction of sp³-hybridized carbons (Fsp3) is 1.00. The molecule has 0 fully saturated rings. The second-order valence-corrected chi connectivity index (χ2v) is 1.41. The van der Waals surface area contributed by atoms with Crippen molar-refractivity contribution in [1.29, 1.82) is 0 Å². The number of nitrogens with zero attached hydrogens (tertiary/aromatic N) is 3. The molecule has 0 unspecified atom stereocenters. The molecular formula is CH4N4S. The molecule has 0 saturated carbocycles. The summed E-state index contributed by atoms with van der Waals surface area (Å²) in [5.74, 6) is 0. The fourth-order valence-electron chi connectivity index (χ4n) is 0.169. The zero-order chi connectivity index (χ0) is 4.41. The van der Waals surface area contributed by atoms with E-state index in [1.807, 2.05) is 0 Å². The second kappa shape index (κ2) is 1.44. The summed E-state index contributed by atoms with van der Waals surface area (Å²) < 4.78 is 3.52. The molecule has 0 spiro atoms. The van der Waals surface area contributed by atoms with Crippen LogP contribution < -0.4 is 4.83 Å². The van der Waals surface area contributed by atoms with Gasteiger partial charge in [0.2, 0.25) is 0 Å². The minimum Gasteiger partial charge on any atom is -0.202 e. The first-order chi connectivity index (χ1) is 2.89. The molecule has 1 aliphatic heterocycles. The van der Waals surface area contributed by atoms with Crippen molar-refractivity contribution >= 4 is 12.1 Å². The van der Waals surface area contributed by atoms with Gasteiger partial charge in [0.15, 0.2) is 0 Å². The highest BCUT2D eigenvalue weighted by Crippen LogP contribution is 2.04. The fourth-order valence-corrected chi connectivity index (χ4v) is 0.506. The molecule has 0 atom stereocenters. The van der Waals surface area contributed by atoms with E-state index in [1.165, 1.54) is 17.3 Å². The van der Waals surface area contributed by atoms with Crippen molar-refractivity contribution in [1.82, 2.24) is 9.95 Å². The first kappa shape index (κ1) is 3.89. The van der Waals surface area contributed by atoms with E-state index in [0.717, 1.165) is 0 Å². The number of hydrazine groups is 1. The summed E-state index contributed by atoms with van der Waals surface area (Å²) in [6.45, 7) is 0. The SMILES string of the molecule is CN1N=NSN1. The Kier molecular flexibility index (Phi) is 0.932. The van der Waals surface area contributed by atoms with Crippen molar-refractivity contribution in [3.05, 3.63) is 0 Å². The van der Waals surface area contributed by atoms with Crippen molar-refractivity contribution in [3.8, 4) is 0 Å². The molecular weight excluding hydrogens is 100 g/mol. The van der Waals surface area contributed by atoms with Crippen LogP contribution in [0.1, 0.15) is 0 Å². The Morgan fingerprint density at radius 3 is 2.83 bits per heavy atom. The van der Waals surface area contributed by atoms with Crippen LogP contribution in [0.2, 0.25) is 0 Å². The Balaban J connectivity index is 2.38. The summed E-state index contributed by atoms with van der Waals surface area (Å²) >= 11 is 1.22. The third-order valence-electron chi connectivity index (χ3n) is 0.384. The van der Waals surface area contributed by atoms with E-state index in [4.69, 9.17) is 0 Å². The third-order valence-corrected chi connectivity index (χ3v) is 0.885. The van der Waals surface area contributed by atoms with Gasteiger partial charge in [-0.25, -0.2) is 5.12 Å². The van der Waals surface area contributed by atoms with Crippen molar-refractivity contribution in [2.75, 3.05) is 7.05 Å². The molecule has 1 rings (SSSR count). The predicted molar refractivity (Wildman–Crippen MR) is 23.3 cm³/mol. The van der Waals surface area contributed by atoms with Gasteiger partial charge in [-0.1, -0.05) is 4.52 Å². The minimum absolute atomic E-state index is 1.22. The van der Waals surface area contributed by atoms with Crippen molar-refractivity contribution in [2.24, 2.45) is 9.74 Å². The second-order valence-electron chi connectivity index (χ2n) is 0.877. The Labute approximate surface area is 39.8 Å². The van der Waals surface area contributed by atoms with E-state index >= 15 is 0 Å². The Bertz CT molecular complexity index is 69.9. The van der Waals surface area contributed by atoms with Crippen molar-refractivity contribution in [2.45, 2.75) is 0 Å². The third kappa shape index (κ3) is 0.605. The van der Waals surface area contributed by atoms with Crippen LogP contribution in [0.5, 0.6) is 0 Å². The molecule has 4 nitrogen and oxygen atoms in total. The van der Waals surface area contributed by atoms with Crippen LogP contribution in [0.3, 0.4) is 0 Å². The van der Waals surface area contributed by atoms with Crippen molar-refractivity contribution in [3.63, 3.8) is 0 Å². The van der Waals surface area contributed by atoms with E-state index < -0.39 is 0 Å². The predicted octanol–water partition coefficient (Wildman–Crippen LogP) is 0.367. The topological polar surface area (TPSA) is 40.0 Å². The van der Waals surface area contributed by atoms with Gasteiger partial charge in [-0.05, 0) is 5.22 Å². The summed E-state index contributed by atoms with van der Waals surface area (Å²) in [6.07, 6.45) is 0. The van der Waals surface area contributed by atoms with Gasteiger partial charge in [0, 0.05) is 7.05 Å². The highest BCUT2D eigenvalue weighted by Gasteiger charge is 1.95. The van der Waals surface area contributed by atoms with Crippen LogP contribution >= 0.6 is 12.1 Å². The molecule has 0 aromatic rings. The van der Waals surface area contributed by atoms with Crippen LogP contribution in [0.15, 0.2) is 9.74 Å². The smallest absolute Gasteiger partial charge is 0.106 e. The van der Waals surface area contributed by atoms with Gasteiger partial charge in [-0.3, -0.25) is 0 Å². The molecule has 0 amide bonds. The monoisotopic (exact) mass is 104 g/mol. The van der Waals surface area contributed by atoms with Crippen LogP contribution in [-0.4, -0.2) is 12.2 Å². The highest BCUT2D eigenvalue weighted by molar-refractivity contribution is 7.96. The molecule has 0 saturated heterocycles. The Morgan fingerprint density at radius 1 is 1.83 bits per heavy atom. The average Bonchev–Trinajstić information content (AvgIpc) is 1.86. The maximum atomic E-state index is 3.55. The molecule has 34 valence electrons. The lowest BCUT2D eigenvalue weighted by molar-refractivity contribution is 0.328. The summed E-state index contributed by atoms with van der Waals surface area (Å²) in [6, 6.07) is 0. The number of hydrogen-bond acceptors (Lipinski definition) is 5. The minimum atomic E-state index is 1.22. The van der Waals surface area contributed by atoms with Gasteiger partial charge >= 0.3 is 0 Å². The van der Waals surface area contributed by atoms with E-state index in [-0.39, 0.29) is 0 Å². The molecule has 1 N–H and O–H groups in total. The number of nitrogens with one attached hydrogen (secondary N) is 1. The molecule has 0 bridgehead atoms. The summed E-state index contributed by atoms with van der Waals surface area (Å²) in [5, 5.41) is 5.08. The largest absolute Gasteiger partial charge is 0.202 e. The quantitative estimate of drug-likeness (QED) is 0.451. The first-order valence-corrected chi connectivity index (χ1v) is 2.23. The van der Waals surface area contributed by atoms with Gasteiger partial charge in [-0.2, -0.15) is 0 Å². The van der Waals surface area contributed by atoms with Crippen LogP contribution in [0, 0.1) is 0 Å². The maximum Gasteiger partial charge on any atom is 0.106 e. The zero-order valence-electron chi connectivity index (χ0n) is 3.25. The molecule has 6 heavy (non-hydrogen) atoms. The first-order valence-electron chi connectivity index (χ1n) is 1.46. The van der Waals surface area contributed by atoms with E-state index in [0.29, 0.717) is 0 Å².